The van der Waals surface area contributed by atoms with Crippen molar-refractivity contribution in [1.29, 1.82) is 0 Å². The molecule has 0 bridgehead atoms. The summed E-state index contributed by atoms with van der Waals surface area (Å²) in [5.41, 5.74) is 0. The van der Waals surface area contributed by atoms with E-state index in [1.807, 2.05) is 0 Å². The topological polar surface area (TPSA) is 72.0 Å². The van der Waals surface area contributed by atoms with Crippen LogP contribution in [0, 0.1) is 5.82 Å². The van der Waals surface area contributed by atoms with Crippen LogP contribution in [0.4, 0.5) is 10.2 Å². The van der Waals surface area contributed by atoms with Gasteiger partial charge in [-0.15, -0.1) is 0 Å². The molecule has 0 radical (unpaired) electrons. The summed E-state index contributed by atoms with van der Waals surface area (Å²) >= 11 is 11.1. The Labute approximate surface area is 118 Å². The average Bonchev–Trinajstić information content (AvgIpc) is 2.32. The highest BCUT2D eigenvalue weighted by Crippen LogP contribution is 2.23. The first-order valence-electron chi connectivity index (χ1n) is 4.84. The summed E-state index contributed by atoms with van der Waals surface area (Å²) in [5, 5.41) is -0.233. The number of nitrogens with zero attached hydrogens (tertiary/aromatic N) is 2. The Bertz CT molecular complexity index is 724. The van der Waals surface area contributed by atoms with Crippen molar-refractivity contribution in [3.8, 4) is 0 Å². The molecule has 1 aromatic heterocycles. The zero-order valence-electron chi connectivity index (χ0n) is 9.14. The molecule has 0 aliphatic rings. The second kappa shape index (κ2) is 5.28. The standard InChI is InChI=1S/C10H6Cl2FN3O2S/c11-6-2-1-3-7(10(6)13)19(17,18)16-9-4-8(12)14-5-15-9/h1-5H,(H,14,15,16). The fourth-order valence-electron chi connectivity index (χ4n) is 1.27. The van der Waals surface area contributed by atoms with E-state index in [4.69, 9.17) is 23.2 Å². The minimum absolute atomic E-state index is 0.0549. The van der Waals surface area contributed by atoms with Crippen LogP contribution < -0.4 is 4.72 Å². The van der Waals surface area contributed by atoms with Crippen LogP contribution in [0.2, 0.25) is 10.2 Å². The van der Waals surface area contributed by atoms with Crippen molar-refractivity contribution in [2.45, 2.75) is 4.90 Å². The van der Waals surface area contributed by atoms with Gasteiger partial charge in [0.05, 0.1) is 5.02 Å². The summed E-state index contributed by atoms with van der Waals surface area (Å²) in [6.45, 7) is 0. The molecular weight excluding hydrogens is 316 g/mol. The first-order chi connectivity index (χ1) is 8.90. The van der Waals surface area contributed by atoms with E-state index in [0.29, 0.717) is 0 Å². The summed E-state index contributed by atoms with van der Waals surface area (Å²) in [7, 11) is -4.14. The Kier molecular flexibility index (Phi) is 3.88. The number of rotatable bonds is 3. The third-order valence-corrected chi connectivity index (χ3v) is 3.95. The summed E-state index contributed by atoms with van der Waals surface area (Å²) in [6.07, 6.45) is 1.08. The van der Waals surface area contributed by atoms with Gasteiger partial charge in [0, 0.05) is 6.07 Å². The van der Waals surface area contributed by atoms with Crippen molar-refractivity contribution in [2.24, 2.45) is 0 Å². The number of hydrogen-bond donors (Lipinski definition) is 1. The van der Waals surface area contributed by atoms with E-state index >= 15 is 0 Å². The molecule has 9 heteroatoms. The van der Waals surface area contributed by atoms with Gasteiger partial charge in [0.15, 0.2) is 5.82 Å². The van der Waals surface area contributed by atoms with E-state index in [-0.39, 0.29) is 16.0 Å². The predicted octanol–water partition coefficient (Wildman–Crippen LogP) is 2.72. The van der Waals surface area contributed by atoms with Gasteiger partial charge in [0.2, 0.25) is 0 Å². The first kappa shape index (κ1) is 14.0. The Hall–Kier alpha value is -1.44. The fourth-order valence-corrected chi connectivity index (χ4v) is 2.75. The van der Waals surface area contributed by atoms with Gasteiger partial charge in [-0.25, -0.2) is 22.8 Å². The van der Waals surface area contributed by atoms with Crippen LogP contribution in [0.25, 0.3) is 0 Å². The molecule has 0 saturated heterocycles. The third kappa shape index (κ3) is 3.12. The van der Waals surface area contributed by atoms with Gasteiger partial charge in [-0.2, -0.15) is 0 Å². The average molecular weight is 322 g/mol. The van der Waals surface area contributed by atoms with Crippen LogP contribution in [0.1, 0.15) is 0 Å². The second-order valence-corrected chi connectivity index (χ2v) is 5.83. The molecule has 1 heterocycles. The molecule has 0 spiro atoms. The van der Waals surface area contributed by atoms with Crippen LogP contribution in [-0.2, 0) is 10.0 Å². The lowest BCUT2D eigenvalue weighted by Gasteiger charge is -2.08. The van der Waals surface area contributed by atoms with Crippen LogP contribution in [0.5, 0.6) is 0 Å². The van der Waals surface area contributed by atoms with Gasteiger partial charge in [0.25, 0.3) is 10.0 Å². The predicted molar refractivity (Wildman–Crippen MR) is 69.3 cm³/mol. The molecule has 0 saturated carbocycles. The van der Waals surface area contributed by atoms with Crippen molar-refractivity contribution in [3.05, 3.63) is 46.6 Å². The summed E-state index contributed by atoms with van der Waals surface area (Å²) in [6, 6.07) is 4.86. The Morgan fingerprint density at radius 2 is 1.95 bits per heavy atom. The molecule has 1 aromatic carbocycles. The highest BCUT2D eigenvalue weighted by Gasteiger charge is 2.21. The van der Waals surface area contributed by atoms with Crippen molar-refractivity contribution in [2.75, 3.05) is 4.72 Å². The number of halogens is 3. The van der Waals surface area contributed by atoms with Gasteiger partial charge in [-0.1, -0.05) is 29.3 Å². The van der Waals surface area contributed by atoms with E-state index in [1.165, 1.54) is 18.2 Å². The van der Waals surface area contributed by atoms with Gasteiger partial charge < -0.3 is 0 Å². The molecule has 0 fully saturated rings. The van der Waals surface area contributed by atoms with Crippen LogP contribution in [-0.4, -0.2) is 18.4 Å². The number of aromatic nitrogens is 2. The van der Waals surface area contributed by atoms with Crippen molar-refractivity contribution in [1.82, 2.24) is 9.97 Å². The lowest BCUT2D eigenvalue weighted by atomic mass is 10.3. The maximum Gasteiger partial charge on any atom is 0.266 e. The van der Waals surface area contributed by atoms with Gasteiger partial charge in [-0.05, 0) is 12.1 Å². The second-order valence-electron chi connectivity index (χ2n) is 3.38. The van der Waals surface area contributed by atoms with E-state index in [0.717, 1.165) is 12.4 Å². The fraction of sp³-hybridized carbons (Fsp3) is 0. The van der Waals surface area contributed by atoms with Gasteiger partial charge >= 0.3 is 0 Å². The highest BCUT2D eigenvalue weighted by molar-refractivity contribution is 7.92. The zero-order valence-corrected chi connectivity index (χ0v) is 11.5. The molecule has 0 aliphatic carbocycles. The minimum Gasteiger partial charge on any atom is -0.263 e. The Balaban J connectivity index is 2.41. The van der Waals surface area contributed by atoms with Gasteiger partial charge in [-0.3, -0.25) is 4.72 Å². The number of benzene rings is 1. The first-order valence-corrected chi connectivity index (χ1v) is 7.08. The third-order valence-electron chi connectivity index (χ3n) is 2.08. The molecular formula is C10H6Cl2FN3O2S. The molecule has 5 nitrogen and oxygen atoms in total. The molecule has 100 valence electrons. The largest absolute Gasteiger partial charge is 0.266 e. The number of hydrogen-bond acceptors (Lipinski definition) is 4. The van der Waals surface area contributed by atoms with E-state index in [1.54, 1.807) is 0 Å². The van der Waals surface area contributed by atoms with Gasteiger partial charge in [0.1, 0.15) is 22.2 Å². The summed E-state index contributed by atoms with van der Waals surface area (Å²) < 4.78 is 39.7. The zero-order chi connectivity index (χ0) is 14.0. The number of anilines is 1. The van der Waals surface area contributed by atoms with Crippen LogP contribution >= 0.6 is 23.2 Å². The normalized spacial score (nSPS) is 11.3. The molecule has 0 aliphatic heterocycles. The lowest BCUT2D eigenvalue weighted by Crippen LogP contribution is -2.15. The molecule has 1 N–H and O–H groups in total. The molecule has 2 rings (SSSR count). The molecule has 0 amide bonds. The number of sulfonamides is 1. The van der Waals surface area contributed by atoms with Crippen molar-refractivity contribution in [3.63, 3.8) is 0 Å². The monoisotopic (exact) mass is 321 g/mol. The van der Waals surface area contributed by atoms with E-state index < -0.39 is 20.7 Å². The maximum atomic E-state index is 13.7. The quantitative estimate of drug-likeness (QED) is 0.882. The summed E-state index contributed by atoms with van der Waals surface area (Å²) in [5.74, 6) is -1.10. The van der Waals surface area contributed by atoms with Crippen LogP contribution in [0.3, 0.4) is 0 Å². The number of nitrogens with one attached hydrogen (secondary N) is 1. The van der Waals surface area contributed by atoms with Crippen molar-refractivity contribution >= 4 is 39.0 Å². The molecule has 2 aromatic rings. The van der Waals surface area contributed by atoms with E-state index in [9.17, 15) is 12.8 Å². The van der Waals surface area contributed by atoms with Crippen LogP contribution in [0.15, 0.2) is 35.5 Å². The molecule has 19 heavy (non-hydrogen) atoms. The van der Waals surface area contributed by atoms with Crippen molar-refractivity contribution < 1.29 is 12.8 Å². The summed E-state index contributed by atoms with van der Waals surface area (Å²) in [4.78, 5) is 6.69. The SMILES string of the molecule is O=S(=O)(Nc1cc(Cl)ncn1)c1cccc(Cl)c1F. The smallest absolute Gasteiger partial charge is 0.263 e. The minimum atomic E-state index is -4.14. The van der Waals surface area contributed by atoms with E-state index in [2.05, 4.69) is 14.7 Å². The Morgan fingerprint density at radius 3 is 2.63 bits per heavy atom. The lowest BCUT2D eigenvalue weighted by molar-refractivity contribution is 0.570. The molecule has 0 unspecified atom stereocenters. The highest BCUT2D eigenvalue weighted by atomic mass is 35.5. The Morgan fingerprint density at radius 1 is 1.21 bits per heavy atom. The maximum absolute atomic E-state index is 13.7. The molecule has 0 atom stereocenters.